The number of nitrogens with one attached hydrogen (secondary N) is 1. The Morgan fingerprint density at radius 3 is 2.46 bits per heavy atom. The highest BCUT2D eigenvalue weighted by atomic mass is 16.5. The summed E-state index contributed by atoms with van der Waals surface area (Å²) in [6, 6.07) is 12.4. The Morgan fingerprint density at radius 1 is 1.08 bits per heavy atom. The Kier molecular flexibility index (Phi) is 6.07. The van der Waals surface area contributed by atoms with Gasteiger partial charge in [-0.25, -0.2) is 0 Å². The molecule has 0 radical (unpaired) electrons. The fourth-order valence-electron chi connectivity index (χ4n) is 2.38. The van der Waals surface area contributed by atoms with Gasteiger partial charge >= 0.3 is 0 Å². The van der Waals surface area contributed by atoms with Gasteiger partial charge in [-0.1, -0.05) is 12.1 Å². The third-order valence-electron chi connectivity index (χ3n) is 3.56. The Labute approximate surface area is 142 Å². The first-order chi connectivity index (χ1) is 11.5. The van der Waals surface area contributed by atoms with Crippen molar-refractivity contribution in [3.63, 3.8) is 0 Å². The number of carbonyl (C=O) groups is 1. The maximum absolute atomic E-state index is 12.3. The van der Waals surface area contributed by atoms with E-state index in [2.05, 4.69) is 5.32 Å². The van der Waals surface area contributed by atoms with Gasteiger partial charge in [0.25, 0.3) is 5.91 Å². The Balaban J connectivity index is 2.15. The van der Waals surface area contributed by atoms with E-state index in [4.69, 9.17) is 15.2 Å². The lowest BCUT2D eigenvalue weighted by molar-refractivity contribution is 0.0940. The minimum absolute atomic E-state index is 0.165. The van der Waals surface area contributed by atoms with Crippen LogP contribution in [0.2, 0.25) is 0 Å². The van der Waals surface area contributed by atoms with Crippen LogP contribution in [-0.2, 0) is 0 Å². The lowest BCUT2D eigenvalue weighted by atomic mass is 10.1. The van der Waals surface area contributed by atoms with Gasteiger partial charge < -0.3 is 20.5 Å². The molecule has 2 aromatic carbocycles. The predicted octanol–water partition coefficient (Wildman–Crippen LogP) is 3.56. The number of ether oxygens (including phenoxy) is 2. The van der Waals surface area contributed by atoms with E-state index in [9.17, 15) is 4.79 Å². The molecule has 1 amide bonds. The van der Waals surface area contributed by atoms with E-state index in [0.29, 0.717) is 36.0 Å². The van der Waals surface area contributed by atoms with Gasteiger partial charge in [-0.15, -0.1) is 0 Å². The molecule has 0 fully saturated rings. The number of nitrogens with two attached hydrogens (primary N) is 1. The van der Waals surface area contributed by atoms with E-state index in [1.165, 1.54) is 0 Å². The first kappa shape index (κ1) is 17.7. The molecule has 0 aromatic heterocycles. The highest BCUT2D eigenvalue weighted by molar-refractivity contribution is 5.95. The summed E-state index contributed by atoms with van der Waals surface area (Å²) in [5.41, 5.74) is 7.77. The number of nitrogen functional groups attached to an aromatic ring is 1. The van der Waals surface area contributed by atoms with E-state index < -0.39 is 0 Å². The zero-order chi connectivity index (χ0) is 17.5. The van der Waals surface area contributed by atoms with Crippen molar-refractivity contribution in [2.45, 2.75) is 26.8 Å². The van der Waals surface area contributed by atoms with Gasteiger partial charge in [0.05, 0.1) is 19.3 Å². The molecule has 0 aliphatic carbocycles. The first-order valence-corrected chi connectivity index (χ1v) is 8.11. The van der Waals surface area contributed by atoms with Gasteiger partial charge in [0, 0.05) is 11.3 Å². The van der Waals surface area contributed by atoms with Gasteiger partial charge in [0.15, 0.2) is 11.5 Å². The second-order valence-corrected chi connectivity index (χ2v) is 5.39. The van der Waals surface area contributed by atoms with Gasteiger partial charge in [-0.2, -0.15) is 0 Å². The van der Waals surface area contributed by atoms with Crippen LogP contribution in [0.15, 0.2) is 42.5 Å². The van der Waals surface area contributed by atoms with Crippen LogP contribution in [0, 0.1) is 0 Å². The second-order valence-electron chi connectivity index (χ2n) is 5.39. The summed E-state index contributed by atoms with van der Waals surface area (Å²) >= 11 is 0. The zero-order valence-electron chi connectivity index (χ0n) is 14.3. The molecule has 1 atom stereocenters. The molecule has 5 heteroatoms. The lowest BCUT2D eigenvalue weighted by Gasteiger charge is -2.17. The van der Waals surface area contributed by atoms with Crippen LogP contribution in [0.1, 0.15) is 42.7 Å². The molecule has 2 aromatic rings. The third-order valence-corrected chi connectivity index (χ3v) is 3.56. The molecular weight excluding hydrogens is 304 g/mol. The molecule has 0 spiro atoms. The maximum atomic E-state index is 12.3. The van der Waals surface area contributed by atoms with E-state index >= 15 is 0 Å². The topological polar surface area (TPSA) is 73.6 Å². The molecule has 2 rings (SSSR count). The van der Waals surface area contributed by atoms with E-state index in [0.717, 1.165) is 5.56 Å². The average molecular weight is 328 g/mol. The molecule has 0 bridgehead atoms. The molecule has 24 heavy (non-hydrogen) atoms. The standard InChI is InChI=1S/C19H24N2O3/c1-4-23-17-10-9-14(12-18(17)24-5-2)13(3)21-19(22)15-7-6-8-16(20)11-15/h6-13H,4-5,20H2,1-3H3,(H,21,22). The first-order valence-electron chi connectivity index (χ1n) is 8.11. The van der Waals surface area contributed by atoms with Gasteiger partial charge in [-0.3, -0.25) is 4.79 Å². The molecule has 128 valence electrons. The number of carbonyl (C=O) groups excluding carboxylic acids is 1. The molecule has 3 N–H and O–H groups in total. The number of hydrogen-bond acceptors (Lipinski definition) is 4. The van der Waals surface area contributed by atoms with Crippen LogP contribution >= 0.6 is 0 Å². The number of hydrogen-bond donors (Lipinski definition) is 2. The van der Waals surface area contributed by atoms with E-state index in [1.807, 2.05) is 39.0 Å². The largest absolute Gasteiger partial charge is 0.490 e. The minimum atomic E-state index is -0.172. The van der Waals surface area contributed by atoms with Crippen LogP contribution < -0.4 is 20.5 Å². The van der Waals surface area contributed by atoms with Crippen molar-refractivity contribution in [2.24, 2.45) is 0 Å². The summed E-state index contributed by atoms with van der Waals surface area (Å²) in [5, 5.41) is 2.97. The van der Waals surface area contributed by atoms with E-state index in [1.54, 1.807) is 24.3 Å². The molecule has 0 saturated carbocycles. The number of benzene rings is 2. The monoisotopic (exact) mass is 328 g/mol. The second kappa shape index (κ2) is 8.24. The van der Waals surface area contributed by atoms with E-state index in [-0.39, 0.29) is 11.9 Å². The Morgan fingerprint density at radius 2 is 1.79 bits per heavy atom. The highest BCUT2D eigenvalue weighted by Gasteiger charge is 2.14. The van der Waals surface area contributed by atoms with Crippen molar-refractivity contribution in [1.29, 1.82) is 0 Å². The van der Waals surface area contributed by atoms with Crippen molar-refractivity contribution in [3.05, 3.63) is 53.6 Å². The maximum Gasteiger partial charge on any atom is 0.251 e. The third kappa shape index (κ3) is 4.41. The predicted molar refractivity (Wildman–Crippen MR) is 95.5 cm³/mol. The molecule has 0 aliphatic rings. The van der Waals surface area contributed by atoms with Crippen molar-refractivity contribution >= 4 is 11.6 Å². The van der Waals surface area contributed by atoms with Crippen LogP contribution in [-0.4, -0.2) is 19.1 Å². The summed E-state index contributed by atoms with van der Waals surface area (Å²) in [5.74, 6) is 1.22. The molecule has 5 nitrogen and oxygen atoms in total. The van der Waals surface area contributed by atoms with Crippen molar-refractivity contribution in [2.75, 3.05) is 18.9 Å². The van der Waals surface area contributed by atoms with Crippen molar-refractivity contribution < 1.29 is 14.3 Å². The minimum Gasteiger partial charge on any atom is -0.490 e. The molecule has 0 heterocycles. The van der Waals surface area contributed by atoms with Gasteiger partial charge in [0.1, 0.15) is 0 Å². The van der Waals surface area contributed by atoms with Gasteiger partial charge in [0.2, 0.25) is 0 Å². The van der Waals surface area contributed by atoms with Crippen LogP contribution in [0.5, 0.6) is 11.5 Å². The van der Waals surface area contributed by atoms with Crippen LogP contribution in [0.3, 0.4) is 0 Å². The number of amides is 1. The summed E-state index contributed by atoms with van der Waals surface area (Å²) < 4.78 is 11.2. The summed E-state index contributed by atoms with van der Waals surface area (Å²) in [4.78, 5) is 12.3. The number of rotatable bonds is 7. The van der Waals surface area contributed by atoms with Crippen molar-refractivity contribution in [1.82, 2.24) is 5.32 Å². The fourth-order valence-corrected chi connectivity index (χ4v) is 2.38. The summed E-state index contributed by atoms with van der Waals surface area (Å²) in [7, 11) is 0. The van der Waals surface area contributed by atoms with Crippen LogP contribution in [0.4, 0.5) is 5.69 Å². The fraction of sp³-hybridized carbons (Fsp3) is 0.316. The summed E-state index contributed by atoms with van der Waals surface area (Å²) in [6.45, 7) is 6.90. The molecule has 1 unspecified atom stereocenters. The Bertz CT molecular complexity index is 701. The molecule has 0 aliphatic heterocycles. The van der Waals surface area contributed by atoms with Crippen LogP contribution in [0.25, 0.3) is 0 Å². The molecule has 0 saturated heterocycles. The number of anilines is 1. The summed E-state index contributed by atoms with van der Waals surface area (Å²) in [6.07, 6.45) is 0. The SMILES string of the molecule is CCOc1ccc(C(C)NC(=O)c2cccc(N)c2)cc1OCC. The normalized spacial score (nSPS) is 11.6. The smallest absolute Gasteiger partial charge is 0.251 e. The highest BCUT2D eigenvalue weighted by Crippen LogP contribution is 2.30. The van der Waals surface area contributed by atoms with Crippen molar-refractivity contribution in [3.8, 4) is 11.5 Å². The quantitative estimate of drug-likeness (QED) is 0.762. The Hall–Kier alpha value is -2.69. The lowest BCUT2D eigenvalue weighted by Crippen LogP contribution is -2.26. The van der Waals surface area contributed by atoms with Gasteiger partial charge in [-0.05, 0) is 56.7 Å². The molecular formula is C19H24N2O3. The average Bonchev–Trinajstić information content (AvgIpc) is 2.56. The zero-order valence-corrected chi connectivity index (χ0v) is 14.3.